The summed E-state index contributed by atoms with van der Waals surface area (Å²) in [5, 5.41) is 0. The molecule has 0 N–H and O–H groups in total. The van der Waals surface area contributed by atoms with Gasteiger partial charge >= 0.3 is 236 Å². The van der Waals surface area contributed by atoms with E-state index in [1.807, 2.05) is 12.0 Å². The molecule has 0 amide bonds. The van der Waals surface area contributed by atoms with E-state index in [0.717, 1.165) is 18.4 Å². The zero-order valence-corrected chi connectivity index (χ0v) is 29.1. The molecular formula is C51H36B. The van der Waals surface area contributed by atoms with Crippen molar-refractivity contribution in [2.24, 2.45) is 0 Å². The molecule has 1 radical (unpaired) electrons. The van der Waals surface area contributed by atoms with Crippen molar-refractivity contribution in [3.05, 3.63) is 207 Å². The standard InChI is InChI=1S/C51H36B/c1-2-31-8-20-42-43-21-15-37(27-47(43)48(30-52)46(42)24-31)39-17-23-45-44-22-16-38(32-6-4-3-5-7-32)28-49(44)51(50(45)29-39,40-18-13-33-9-11-35(33)25-40)41-19-14-34-10-12-36(34)26-41/h2-8,13-30,48H,1,9-12H2. The molecule has 0 aromatic heterocycles. The summed E-state index contributed by atoms with van der Waals surface area (Å²) in [5.74, 6) is 1.90. The van der Waals surface area contributed by atoms with Crippen LogP contribution in [0.3, 0.4) is 0 Å². The van der Waals surface area contributed by atoms with Crippen molar-refractivity contribution in [2.45, 2.75) is 37.0 Å². The molecule has 7 aromatic carbocycles. The third-order valence-electron chi connectivity index (χ3n) is 12.7. The van der Waals surface area contributed by atoms with Crippen LogP contribution in [-0.2, 0) is 31.1 Å². The Labute approximate surface area is 307 Å². The molecule has 0 nitrogen and oxygen atoms in total. The van der Waals surface area contributed by atoms with Gasteiger partial charge in [0.1, 0.15) is 0 Å². The Morgan fingerprint density at radius 2 is 1.00 bits per heavy atom. The Morgan fingerprint density at radius 3 is 1.54 bits per heavy atom. The Balaban J connectivity index is 1.16. The van der Waals surface area contributed by atoms with Crippen molar-refractivity contribution in [1.82, 2.24) is 0 Å². The summed E-state index contributed by atoms with van der Waals surface area (Å²) in [7, 11) is 6.39. The third kappa shape index (κ3) is 4.08. The number of fused-ring (bicyclic) bond motifs is 8. The fraction of sp³-hybridized carbons (Fsp3) is 0.118. The monoisotopic (exact) mass is 659 g/mol. The van der Waals surface area contributed by atoms with Gasteiger partial charge in [-0.1, -0.05) is 30.3 Å². The van der Waals surface area contributed by atoms with Gasteiger partial charge in [0.05, 0.1) is 0 Å². The minimum atomic E-state index is -0.456. The predicted molar refractivity (Wildman–Crippen MR) is 219 cm³/mol. The molecule has 0 bridgehead atoms. The summed E-state index contributed by atoms with van der Waals surface area (Å²) >= 11 is 0. The van der Waals surface area contributed by atoms with Gasteiger partial charge in [-0.25, -0.2) is 0 Å². The number of benzene rings is 7. The van der Waals surface area contributed by atoms with Gasteiger partial charge in [0.15, 0.2) is 0 Å². The van der Waals surface area contributed by atoms with E-state index in [1.54, 1.807) is 0 Å². The van der Waals surface area contributed by atoms with Gasteiger partial charge < -0.3 is 0 Å². The number of aryl methyl sites for hydroxylation is 4. The van der Waals surface area contributed by atoms with E-state index < -0.39 is 5.41 Å². The molecule has 0 saturated carbocycles. The predicted octanol–water partition coefficient (Wildman–Crippen LogP) is 11.3. The molecule has 1 heteroatoms. The Kier molecular flexibility index (Phi) is 6.39. The SMILES string of the molecule is [B]=CC1c2cc(C=C)ccc2-c2ccc(-c3ccc4c(c3)C(c3ccc5c(c3)CC5)(c3ccc5c(c3)CC5)c3cc(-c5ccccc5)ccc3-4)cc21. The van der Waals surface area contributed by atoms with Crippen LogP contribution in [0.25, 0.3) is 50.6 Å². The molecule has 4 aliphatic rings. The Bertz CT molecular complexity index is 2620. The van der Waals surface area contributed by atoms with Crippen LogP contribution in [0.5, 0.6) is 0 Å². The van der Waals surface area contributed by atoms with Gasteiger partial charge in [-0.2, -0.15) is 0 Å². The van der Waals surface area contributed by atoms with Crippen LogP contribution in [-0.4, -0.2) is 13.5 Å². The molecule has 7 aromatic rings. The zero-order chi connectivity index (χ0) is 34.6. The fourth-order valence-corrected chi connectivity index (χ4v) is 9.79. The summed E-state index contributed by atoms with van der Waals surface area (Å²) in [5.41, 5.74) is 24.8. The second-order valence-corrected chi connectivity index (χ2v) is 15.1. The molecule has 0 heterocycles. The molecule has 1 atom stereocenters. The summed E-state index contributed by atoms with van der Waals surface area (Å²) in [6.07, 6.45) is 6.57. The molecule has 11 rings (SSSR count). The van der Waals surface area contributed by atoms with Crippen LogP contribution in [0.1, 0.15) is 67.1 Å². The Morgan fingerprint density at radius 1 is 0.481 bits per heavy atom. The van der Waals surface area contributed by atoms with Gasteiger partial charge in [-0.15, -0.1) is 0 Å². The van der Waals surface area contributed by atoms with Gasteiger partial charge in [-0.3, -0.25) is 0 Å². The first kappa shape index (κ1) is 29.9. The maximum atomic E-state index is 6.39. The molecule has 243 valence electrons. The summed E-state index contributed by atoms with van der Waals surface area (Å²) in [6.45, 7) is 4.01. The third-order valence-corrected chi connectivity index (χ3v) is 12.7. The van der Waals surface area contributed by atoms with Crippen LogP contribution < -0.4 is 0 Å². The average molecular weight is 660 g/mol. The topological polar surface area (TPSA) is 0 Å². The first-order valence-electron chi connectivity index (χ1n) is 18.7. The van der Waals surface area contributed by atoms with E-state index >= 15 is 0 Å². The van der Waals surface area contributed by atoms with E-state index in [-0.39, 0.29) is 5.92 Å². The van der Waals surface area contributed by atoms with Crippen LogP contribution in [0.15, 0.2) is 146 Å². The summed E-state index contributed by atoms with van der Waals surface area (Å²) in [4.78, 5) is 0. The summed E-state index contributed by atoms with van der Waals surface area (Å²) in [6, 6.07) is 53.6. The first-order chi connectivity index (χ1) is 25.6. The van der Waals surface area contributed by atoms with Crippen LogP contribution in [0, 0.1) is 0 Å². The fourth-order valence-electron chi connectivity index (χ4n) is 9.79. The van der Waals surface area contributed by atoms with Crippen molar-refractivity contribution >= 4 is 19.5 Å². The van der Waals surface area contributed by atoms with Crippen molar-refractivity contribution in [3.63, 3.8) is 0 Å². The van der Waals surface area contributed by atoms with E-state index in [4.69, 9.17) is 7.49 Å². The van der Waals surface area contributed by atoms with E-state index in [2.05, 4.69) is 146 Å². The van der Waals surface area contributed by atoms with Gasteiger partial charge in [0, 0.05) is 0 Å². The molecule has 1 unspecified atom stereocenters. The second kappa shape index (κ2) is 11.1. The molecule has 0 fully saturated rings. The zero-order valence-electron chi connectivity index (χ0n) is 29.1. The van der Waals surface area contributed by atoms with Gasteiger partial charge in [0.2, 0.25) is 0 Å². The number of rotatable bonds is 6. The van der Waals surface area contributed by atoms with E-state index in [1.165, 1.54) is 113 Å². The van der Waals surface area contributed by atoms with Gasteiger partial charge in [0.25, 0.3) is 0 Å². The molecule has 0 saturated heterocycles. The Hall–Kier alpha value is -5.79. The first-order valence-corrected chi connectivity index (χ1v) is 18.7. The van der Waals surface area contributed by atoms with E-state index in [9.17, 15) is 0 Å². The molecule has 52 heavy (non-hydrogen) atoms. The number of hydrogen-bond acceptors (Lipinski definition) is 0. The normalized spacial score (nSPS) is 16.2. The molecule has 0 spiro atoms. The van der Waals surface area contributed by atoms with Crippen molar-refractivity contribution < 1.29 is 0 Å². The molecule has 0 aliphatic heterocycles. The molecular weight excluding hydrogens is 623 g/mol. The second-order valence-electron chi connectivity index (χ2n) is 15.1. The van der Waals surface area contributed by atoms with Crippen LogP contribution in [0.2, 0.25) is 0 Å². The van der Waals surface area contributed by atoms with Crippen LogP contribution >= 0.6 is 0 Å². The van der Waals surface area contributed by atoms with E-state index in [0.29, 0.717) is 0 Å². The van der Waals surface area contributed by atoms with Crippen molar-refractivity contribution in [3.8, 4) is 44.5 Å². The molecule has 4 aliphatic carbocycles. The maximum absolute atomic E-state index is 6.39. The van der Waals surface area contributed by atoms with Gasteiger partial charge in [-0.05, 0) is 42.4 Å². The summed E-state index contributed by atoms with van der Waals surface area (Å²) < 4.78 is 0. The van der Waals surface area contributed by atoms with Crippen molar-refractivity contribution in [1.29, 1.82) is 0 Å². The minimum absolute atomic E-state index is 0.0454. The number of hydrogen-bond donors (Lipinski definition) is 0. The average Bonchev–Trinajstić information content (AvgIpc) is 3.64. The quantitative estimate of drug-likeness (QED) is 0.156. The van der Waals surface area contributed by atoms with Crippen molar-refractivity contribution in [2.75, 3.05) is 0 Å². The van der Waals surface area contributed by atoms with Crippen LogP contribution in [0.4, 0.5) is 0 Å².